The first kappa shape index (κ1) is 26.6. The Balaban J connectivity index is 1.30. The summed E-state index contributed by atoms with van der Waals surface area (Å²) in [7, 11) is 0. The predicted molar refractivity (Wildman–Crippen MR) is 165 cm³/mol. The van der Waals surface area contributed by atoms with Crippen molar-refractivity contribution in [1.29, 1.82) is 0 Å². The second-order valence-electron chi connectivity index (χ2n) is 11.5. The molecule has 2 aliphatic heterocycles. The highest BCUT2D eigenvalue weighted by atomic mass is 32.2. The summed E-state index contributed by atoms with van der Waals surface area (Å²) >= 11 is 1.80. The second-order valence-corrected chi connectivity index (χ2v) is 13.3. The van der Waals surface area contributed by atoms with Crippen molar-refractivity contribution in [3.8, 4) is 5.69 Å². The number of aromatic nitrogens is 4. The van der Waals surface area contributed by atoms with E-state index >= 15 is 0 Å². The van der Waals surface area contributed by atoms with Crippen molar-refractivity contribution in [3.63, 3.8) is 0 Å². The molecule has 1 aromatic heterocycles. The Morgan fingerprint density at radius 2 is 1.38 bits per heavy atom. The van der Waals surface area contributed by atoms with Crippen LogP contribution in [0.1, 0.15) is 48.0 Å². The van der Waals surface area contributed by atoms with Crippen LogP contribution < -0.4 is 5.32 Å². The minimum atomic E-state index is -0.734. The van der Waals surface area contributed by atoms with Gasteiger partial charge in [0, 0.05) is 4.75 Å². The number of rotatable bonds is 7. The van der Waals surface area contributed by atoms with Crippen LogP contribution in [0.4, 0.5) is 0 Å². The maximum Gasteiger partial charge on any atom is 0.244 e. The Morgan fingerprint density at radius 1 is 0.810 bits per heavy atom. The van der Waals surface area contributed by atoms with Crippen LogP contribution >= 0.6 is 11.8 Å². The van der Waals surface area contributed by atoms with Crippen molar-refractivity contribution in [2.24, 2.45) is 0 Å². The van der Waals surface area contributed by atoms with Crippen LogP contribution in [0.3, 0.4) is 0 Å². The fourth-order valence-electron chi connectivity index (χ4n) is 6.52. The number of thioether (sulfide) groups is 1. The summed E-state index contributed by atoms with van der Waals surface area (Å²) in [4.78, 5) is 16.3. The van der Waals surface area contributed by atoms with Gasteiger partial charge in [-0.2, -0.15) is 4.68 Å². The summed E-state index contributed by atoms with van der Waals surface area (Å²) < 4.78 is 1.46. The average molecular weight is 573 g/mol. The van der Waals surface area contributed by atoms with Crippen molar-refractivity contribution in [2.45, 2.75) is 48.5 Å². The van der Waals surface area contributed by atoms with Crippen LogP contribution in [0.2, 0.25) is 0 Å². The number of fused-ring (bicyclic) bond motifs is 1. The van der Waals surface area contributed by atoms with Crippen LogP contribution in [0.5, 0.6) is 0 Å². The molecule has 2 fully saturated rings. The van der Waals surface area contributed by atoms with Crippen LogP contribution in [0, 0.1) is 6.92 Å². The van der Waals surface area contributed by atoms with E-state index in [0.29, 0.717) is 5.82 Å². The molecule has 3 heterocycles. The molecule has 3 unspecified atom stereocenters. The molecule has 4 aromatic carbocycles. The number of aryl methyl sites for hydroxylation is 1. The number of carbonyl (C=O) groups excluding carboxylic acids is 1. The third-order valence-electron chi connectivity index (χ3n) is 8.42. The summed E-state index contributed by atoms with van der Waals surface area (Å²) in [5, 5.41) is 16.7. The zero-order valence-electron chi connectivity index (χ0n) is 23.8. The van der Waals surface area contributed by atoms with Crippen molar-refractivity contribution in [3.05, 3.63) is 143 Å². The van der Waals surface area contributed by atoms with E-state index in [2.05, 4.69) is 114 Å². The van der Waals surface area contributed by atoms with Crippen LogP contribution in [-0.4, -0.2) is 47.2 Å². The Morgan fingerprint density at radius 3 is 1.93 bits per heavy atom. The lowest BCUT2D eigenvalue weighted by Crippen LogP contribution is -2.70. The maximum atomic E-state index is 14.3. The average Bonchev–Trinajstić information content (AvgIpc) is 3.59. The molecule has 0 spiro atoms. The molecule has 0 saturated carbocycles. The van der Waals surface area contributed by atoms with Gasteiger partial charge in [0.2, 0.25) is 5.91 Å². The third kappa shape index (κ3) is 4.16. The summed E-state index contributed by atoms with van der Waals surface area (Å²) in [5.41, 5.74) is 4.51. The highest BCUT2D eigenvalue weighted by molar-refractivity contribution is 8.01. The summed E-state index contributed by atoms with van der Waals surface area (Å²) in [6.07, 6.45) is 0. The highest BCUT2D eigenvalue weighted by Gasteiger charge is 2.64. The predicted octanol–water partition coefficient (Wildman–Crippen LogP) is 5.66. The molecule has 3 atom stereocenters. The number of carbonyl (C=O) groups is 1. The Hall–Kier alpha value is -4.27. The summed E-state index contributed by atoms with van der Waals surface area (Å²) in [5.74, 6) is 0.724. The van der Waals surface area contributed by atoms with Gasteiger partial charge in [-0.15, -0.1) is 16.9 Å². The molecular formula is C34H32N6OS. The van der Waals surface area contributed by atoms with Gasteiger partial charge in [-0.1, -0.05) is 103 Å². The van der Waals surface area contributed by atoms with E-state index in [-0.39, 0.29) is 22.1 Å². The number of tetrazole rings is 1. The van der Waals surface area contributed by atoms with E-state index in [9.17, 15) is 4.79 Å². The van der Waals surface area contributed by atoms with Crippen LogP contribution in [0.15, 0.2) is 115 Å². The molecule has 1 amide bonds. The number of amides is 1. The SMILES string of the molecule is Cc1cccc(-n2nnnc2C2N3C(=O)C(NC(c4ccccc4)(c4ccccc4)c4ccccc4)C3SC2(C)C)c1. The van der Waals surface area contributed by atoms with Crippen molar-refractivity contribution in [2.75, 3.05) is 0 Å². The zero-order valence-corrected chi connectivity index (χ0v) is 24.6. The molecule has 8 heteroatoms. The van der Waals surface area contributed by atoms with E-state index in [1.165, 1.54) is 0 Å². The fraction of sp³-hybridized carbons (Fsp3) is 0.235. The molecule has 7 rings (SSSR count). The molecule has 2 aliphatic rings. The number of benzene rings is 4. The number of hydrogen-bond acceptors (Lipinski definition) is 6. The normalized spacial score (nSPS) is 21.2. The standard InChI is InChI=1S/C34H32N6OS/c1-23-14-13-21-27(22-23)40-30(36-37-38-40)29-33(2,3)42-32-28(31(41)39(29)32)35-34(24-15-7-4-8-16-24,25-17-9-5-10-18-25)26-19-11-6-12-20-26/h4-22,28-29,32,35H,1-3H3. The molecule has 210 valence electrons. The van der Waals surface area contributed by atoms with E-state index in [1.54, 1.807) is 16.4 Å². The van der Waals surface area contributed by atoms with Gasteiger partial charge in [0.05, 0.1) is 11.2 Å². The molecule has 42 heavy (non-hydrogen) atoms. The van der Waals surface area contributed by atoms with Gasteiger partial charge < -0.3 is 4.90 Å². The monoisotopic (exact) mass is 572 g/mol. The van der Waals surface area contributed by atoms with Crippen LogP contribution in [-0.2, 0) is 10.3 Å². The molecular weight excluding hydrogens is 540 g/mol. The van der Waals surface area contributed by atoms with Gasteiger partial charge in [0.25, 0.3) is 0 Å². The van der Waals surface area contributed by atoms with E-state index in [0.717, 1.165) is 27.9 Å². The van der Waals surface area contributed by atoms with Gasteiger partial charge in [0.1, 0.15) is 17.5 Å². The van der Waals surface area contributed by atoms with E-state index in [1.807, 2.05) is 48.2 Å². The number of nitrogens with zero attached hydrogens (tertiary/aromatic N) is 5. The molecule has 0 radical (unpaired) electrons. The van der Waals surface area contributed by atoms with Crippen LogP contribution in [0.25, 0.3) is 5.69 Å². The summed E-state index contributed by atoms with van der Waals surface area (Å²) in [6.45, 7) is 6.41. The van der Waals surface area contributed by atoms with Gasteiger partial charge in [-0.25, -0.2) is 0 Å². The fourth-order valence-corrected chi connectivity index (χ4v) is 8.15. The first-order chi connectivity index (χ1) is 20.4. The van der Waals surface area contributed by atoms with Gasteiger partial charge in [0.15, 0.2) is 5.82 Å². The first-order valence-corrected chi connectivity index (χ1v) is 15.1. The zero-order chi connectivity index (χ0) is 28.9. The van der Waals surface area contributed by atoms with E-state index < -0.39 is 11.6 Å². The maximum absolute atomic E-state index is 14.3. The quantitative estimate of drug-likeness (QED) is 0.201. The molecule has 5 aromatic rings. The van der Waals surface area contributed by atoms with Crippen molar-refractivity contribution in [1.82, 2.24) is 30.4 Å². The van der Waals surface area contributed by atoms with Gasteiger partial charge >= 0.3 is 0 Å². The third-order valence-corrected chi connectivity index (χ3v) is 9.99. The van der Waals surface area contributed by atoms with Gasteiger partial charge in [-0.3, -0.25) is 10.1 Å². The Kier molecular flexibility index (Phi) is 6.48. The largest absolute Gasteiger partial charge is 0.315 e. The smallest absolute Gasteiger partial charge is 0.244 e. The lowest BCUT2D eigenvalue weighted by molar-refractivity contribution is -0.150. The van der Waals surface area contributed by atoms with Gasteiger partial charge in [-0.05, 0) is 65.6 Å². The lowest BCUT2D eigenvalue weighted by atomic mass is 9.76. The minimum Gasteiger partial charge on any atom is -0.315 e. The number of nitrogens with one attached hydrogen (secondary N) is 1. The topological polar surface area (TPSA) is 75.9 Å². The molecule has 1 N–H and O–H groups in total. The first-order valence-electron chi connectivity index (χ1n) is 14.2. The number of β-lactam (4-membered cyclic amide) rings is 1. The summed E-state index contributed by atoms with van der Waals surface area (Å²) in [6, 6.07) is 38.6. The molecule has 0 bridgehead atoms. The molecule has 7 nitrogen and oxygen atoms in total. The highest BCUT2D eigenvalue weighted by Crippen LogP contribution is 2.58. The molecule has 2 saturated heterocycles. The molecule has 0 aliphatic carbocycles. The Labute approximate surface area is 250 Å². The van der Waals surface area contributed by atoms with Crippen molar-refractivity contribution >= 4 is 17.7 Å². The second kappa shape index (κ2) is 10.2. The van der Waals surface area contributed by atoms with E-state index in [4.69, 9.17) is 0 Å². The minimum absolute atomic E-state index is 0.0500. The van der Waals surface area contributed by atoms with Crippen molar-refractivity contribution < 1.29 is 4.79 Å². The lowest BCUT2D eigenvalue weighted by Gasteiger charge is -2.49. The number of hydrogen-bond donors (Lipinski definition) is 1. The Bertz CT molecular complexity index is 1630.